The van der Waals surface area contributed by atoms with Crippen LogP contribution in [0.4, 0.5) is 0 Å². The molecular formula is C15H27NO. The van der Waals surface area contributed by atoms with Gasteiger partial charge < -0.3 is 5.32 Å². The lowest BCUT2D eigenvalue weighted by Crippen LogP contribution is -2.17. The van der Waals surface area contributed by atoms with Crippen LogP contribution in [0.3, 0.4) is 0 Å². The summed E-state index contributed by atoms with van der Waals surface area (Å²) in [6.45, 7) is 6.33. The highest BCUT2D eigenvalue weighted by Crippen LogP contribution is 2.06. The van der Waals surface area contributed by atoms with Crippen LogP contribution in [0.15, 0.2) is 24.3 Å². The van der Waals surface area contributed by atoms with E-state index in [2.05, 4.69) is 50.4 Å². The van der Waals surface area contributed by atoms with Crippen LogP contribution in [0.1, 0.15) is 45.7 Å². The summed E-state index contributed by atoms with van der Waals surface area (Å²) in [5, 5.41) is 2.62. The third kappa shape index (κ3) is 8.49. The molecule has 98 valence electrons. The number of hydrogen-bond donors (Lipinski definition) is 1. The molecule has 0 aliphatic carbocycles. The minimum absolute atomic E-state index is 0. The second kappa shape index (κ2) is 9.88. The minimum atomic E-state index is 0. The molecule has 0 spiro atoms. The van der Waals surface area contributed by atoms with Gasteiger partial charge in [-0.3, -0.25) is 4.79 Å². The first-order chi connectivity index (χ1) is 8.13. The summed E-state index contributed by atoms with van der Waals surface area (Å²) in [6, 6.07) is 8.46. The van der Waals surface area contributed by atoms with E-state index in [0.717, 1.165) is 12.8 Å². The number of hydrogen-bond acceptors (Lipinski definition) is 1. The maximum atomic E-state index is 10.9. The molecule has 0 unspecified atom stereocenters. The Morgan fingerprint density at radius 1 is 1.24 bits per heavy atom. The number of benzene rings is 1. The Bertz CT molecular complexity index is 309. The summed E-state index contributed by atoms with van der Waals surface area (Å²) in [5.41, 5.74) is 2.58. The molecule has 1 amide bonds. The summed E-state index contributed by atoms with van der Waals surface area (Å²) in [5.74, 6) is 0.122. The number of aryl methyl sites for hydroxylation is 2. The molecule has 1 N–H and O–H groups in total. The fourth-order valence-electron chi connectivity index (χ4n) is 1.33. The van der Waals surface area contributed by atoms with Crippen LogP contribution in [-0.4, -0.2) is 13.0 Å². The van der Waals surface area contributed by atoms with Crippen LogP contribution >= 0.6 is 0 Å². The van der Waals surface area contributed by atoms with Gasteiger partial charge in [0.1, 0.15) is 0 Å². The van der Waals surface area contributed by atoms with Crippen LogP contribution in [-0.2, 0) is 11.2 Å². The van der Waals surface area contributed by atoms with E-state index in [0.29, 0.717) is 6.42 Å². The van der Waals surface area contributed by atoms with E-state index in [1.54, 1.807) is 7.05 Å². The smallest absolute Gasteiger partial charge is 0.219 e. The molecular weight excluding hydrogens is 210 g/mol. The summed E-state index contributed by atoms with van der Waals surface area (Å²) < 4.78 is 0. The molecule has 0 aromatic heterocycles. The van der Waals surface area contributed by atoms with Gasteiger partial charge in [-0.05, 0) is 25.3 Å². The van der Waals surface area contributed by atoms with E-state index in [1.165, 1.54) is 17.5 Å². The molecule has 2 nitrogen and oxygen atoms in total. The molecule has 1 rings (SSSR count). The van der Waals surface area contributed by atoms with Crippen molar-refractivity contribution >= 4 is 5.91 Å². The lowest BCUT2D eigenvalue weighted by Gasteiger charge is -2.01. The largest absolute Gasteiger partial charge is 0.359 e. The van der Waals surface area contributed by atoms with Crippen LogP contribution in [0.5, 0.6) is 0 Å². The van der Waals surface area contributed by atoms with Gasteiger partial charge in [-0.2, -0.15) is 0 Å². The Hall–Kier alpha value is -1.31. The summed E-state index contributed by atoms with van der Waals surface area (Å²) in [7, 11) is 1.67. The van der Waals surface area contributed by atoms with Crippen molar-refractivity contribution in [2.45, 2.75) is 46.5 Å². The first kappa shape index (κ1) is 15.7. The van der Waals surface area contributed by atoms with Crippen LogP contribution in [0.25, 0.3) is 0 Å². The third-order valence-electron chi connectivity index (χ3n) is 2.27. The predicted molar refractivity (Wildman–Crippen MR) is 76.3 cm³/mol. The summed E-state index contributed by atoms with van der Waals surface area (Å²) in [4.78, 5) is 10.9. The quantitative estimate of drug-likeness (QED) is 0.849. The van der Waals surface area contributed by atoms with Gasteiger partial charge in [-0.25, -0.2) is 0 Å². The van der Waals surface area contributed by atoms with Gasteiger partial charge in [0.05, 0.1) is 0 Å². The van der Waals surface area contributed by atoms with Crippen LogP contribution in [0, 0.1) is 6.92 Å². The lowest BCUT2D eigenvalue weighted by atomic mass is 10.1. The van der Waals surface area contributed by atoms with Crippen molar-refractivity contribution in [1.82, 2.24) is 5.32 Å². The highest BCUT2D eigenvalue weighted by atomic mass is 16.1. The SMILES string of the molecule is CCC.CNC(=O)CCCc1ccc(C)cc1.[HH]. The topological polar surface area (TPSA) is 29.1 Å². The maximum absolute atomic E-state index is 10.9. The van der Waals surface area contributed by atoms with Crippen molar-refractivity contribution in [3.05, 3.63) is 35.4 Å². The van der Waals surface area contributed by atoms with Crippen molar-refractivity contribution in [1.29, 1.82) is 0 Å². The first-order valence-corrected chi connectivity index (χ1v) is 6.40. The number of amides is 1. The van der Waals surface area contributed by atoms with Crippen molar-refractivity contribution in [2.75, 3.05) is 7.05 Å². The molecule has 0 bridgehead atoms. The molecule has 1 aromatic rings. The highest BCUT2D eigenvalue weighted by molar-refractivity contribution is 5.75. The Labute approximate surface area is 107 Å². The zero-order valence-corrected chi connectivity index (χ0v) is 11.5. The minimum Gasteiger partial charge on any atom is -0.359 e. The third-order valence-corrected chi connectivity index (χ3v) is 2.27. The van der Waals surface area contributed by atoms with Gasteiger partial charge in [-0.15, -0.1) is 0 Å². The Kier molecular flexibility index (Phi) is 9.12. The van der Waals surface area contributed by atoms with Crippen LogP contribution < -0.4 is 5.32 Å². The van der Waals surface area contributed by atoms with Gasteiger partial charge in [0.25, 0.3) is 0 Å². The standard InChI is InChI=1S/C12H17NO.C3H8.H2/c1-10-6-8-11(9-7-10)4-3-5-12(14)13-2;1-3-2;/h6-9H,3-5H2,1-2H3,(H,13,14);3H2,1-2H3;1H. The molecule has 0 saturated heterocycles. The first-order valence-electron chi connectivity index (χ1n) is 6.40. The van der Waals surface area contributed by atoms with Gasteiger partial charge >= 0.3 is 0 Å². The number of carbonyl (C=O) groups is 1. The maximum Gasteiger partial charge on any atom is 0.219 e. The molecule has 0 heterocycles. The average Bonchev–Trinajstić information content (AvgIpc) is 2.32. The van der Waals surface area contributed by atoms with Gasteiger partial charge in [0, 0.05) is 14.9 Å². The van der Waals surface area contributed by atoms with E-state index in [-0.39, 0.29) is 7.33 Å². The second-order valence-electron chi connectivity index (χ2n) is 4.22. The molecule has 0 aliphatic heterocycles. The van der Waals surface area contributed by atoms with Gasteiger partial charge in [0.2, 0.25) is 5.91 Å². The second-order valence-corrected chi connectivity index (χ2v) is 4.22. The fourth-order valence-corrected chi connectivity index (χ4v) is 1.33. The Morgan fingerprint density at radius 2 is 1.76 bits per heavy atom. The molecule has 1 aromatic carbocycles. The van der Waals surface area contributed by atoms with Crippen molar-refractivity contribution < 1.29 is 6.22 Å². The molecule has 0 saturated carbocycles. The zero-order valence-electron chi connectivity index (χ0n) is 11.5. The van der Waals surface area contributed by atoms with Crippen molar-refractivity contribution in [3.63, 3.8) is 0 Å². The van der Waals surface area contributed by atoms with E-state index >= 15 is 0 Å². The van der Waals surface area contributed by atoms with E-state index in [1.807, 2.05) is 0 Å². The number of nitrogens with one attached hydrogen (secondary N) is 1. The molecule has 17 heavy (non-hydrogen) atoms. The van der Waals surface area contributed by atoms with E-state index in [9.17, 15) is 4.79 Å². The molecule has 0 radical (unpaired) electrons. The monoisotopic (exact) mass is 237 g/mol. The van der Waals surface area contributed by atoms with Crippen molar-refractivity contribution in [2.24, 2.45) is 0 Å². The van der Waals surface area contributed by atoms with Crippen molar-refractivity contribution in [3.8, 4) is 0 Å². The average molecular weight is 237 g/mol. The predicted octanol–water partition coefficient (Wildman–Crippen LogP) is 3.73. The molecule has 0 fully saturated rings. The Morgan fingerprint density at radius 3 is 2.24 bits per heavy atom. The van der Waals surface area contributed by atoms with E-state index < -0.39 is 0 Å². The fraction of sp³-hybridized carbons (Fsp3) is 0.533. The van der Waals surface area contributed by atoms with Crippen LogP contribution in [0.2, 0.25) is 0 Å². The van der Waals surface area contributed by atoms with E-state index in [4.69, 9.17) is 0 Å². The lowest BCUT2D eigenvalue weighted by molar-refractivity contribution is -0.120. The molecule has 0 atom stereocenters. The Balaban J connectivity index is 0. The normalized spacial score (nSPS) is 9.18. The number of rotatable bonds is 4. The highest BCUT2D eigenvalue weighted by Gasteiger charge is 1.98. The van der Waals surface area contributed by atoms with Gasteiger partial charge in [0.15, 0.2) is 0 Å². The molecule has 2 heteroatoms. The van der Waals surface area contributed by atoms with Gasteiger partial charge in [-0.1, -0.05) is 50.1 Å². The zero-order chi connectivity index (χ0) is 13.1. The molecule has 0 aliphatic rings. The summed E-state index contributed by atoms with van der Waals surface area (Å²) in [6.07, 6.45) is 3.76. The summed E-state index contributed by atoms with van der Waals surface area (Å²) >= 11 is 0. The number of carbonyl (C=O) groups excluding carboxylic acids is 1.